The minimum Gasteiger partial charge on any atom is -0.487 e. The summed E-state index contributed by atoms with van der Waals surface area (Å²) < 4.78 is 6.00. The molecule has 0 amide bonds. The van der Waals surface area contributed by atoms with Gasteiger partial charge in [-0.3, -0.25) is 4.79 Å². The van der Waals surface area contributed by atoms with E-state index in [0.717, 1.165) is 40.2 Å². The van der Waals surface area contributed by atoms with Crippen LogP contribution in [0.25, 0.3) is 0 Å². The Labute approximate surface area is 206 Å². The van der Waals surface area contributed by atoms with E-state index in [-0.39, 0.29) is 17.2 Å². The Balaban J connectivity index is 1.47. The Morgan fingerprint density at radius 2 is 1.74 bits per heavy atom. The molecule has 0 spiro atoms. The number of carbonyl (C=O) groups is 1. The van der Waals surface area contributed by atoms with E-state index in [9.17, 15) is 4.79 Å². The molecule has 0 radical (unpaired) electrons. The van der Waals surface area contributed by atoms with Gasteiger partial charge >= 0.3 is 0 Å². The molecular weight excluding hydrogens is 444 g/mol. The SMILES string of the molecule is Cc1ccc(COc2ccc(C3Nc4ccccc4NC4=C3C(=O)CC(C)(C)C4)cc2Cl)cc1. The summed E-state index contributed by atoms with van der Waals surface area (Å²) in [7, 11) is 0. The smallest absolute Gasteiger partial charge is 0.163 e. The maximum absolute atomic E-state index is 13.4. The number of aryl methyl sites for hydroxylation is 1. The Kier molecular flexibility index (Phi) is 5.86. The number of ether oxygens (including phenoxy) is 1. The van der Waals surface area contributed by atoms with Gasteiger partial charge in [0.1, 0.15) is 12.4 Å². The van der Waals surface area contributed by atoms with E-state index in [1.807, 2.05) is 42.5 Å². The summed E-state index contributed by atoms with van der Waals surface area (Å²) in [6.45, 7) is 6.80. The van der Waals surface area contributed by atoms with Crippen LogP contribution in [-0.2, 0) is 11.4 Å². The maximum atomic E-state index is 13.4. The van der Waals surface area contributed by atoms with Crippen LogP contribution in [0.15, 0.2) is 78.0 Å². The van der Waals surface area contributed by atoms with Crippen LogP contribution in [-0.4, -0.2) is 5.78 Å². The molecule has 174 valence electrons. The number of carbonyl (C=O) groups excluding carboxylic acids is 1. The average molecular weight is 473 g/mol. The summed E-state index contributed by atoms with van der Waals surface area (Å²) in [4.78, 5) is 13.4. The summed E-state index contributed by atoms with van der Waals surface area (Å²) in [6.07, 6.45) is 1.33. The van der Waals surface area contributed by atoms with Crippen LogP contribution in [0, 0.1) is 12.3 Å². The summed E-state index contributed by atoms with van der Waals surface area (Å²) in [5.41, 5.74) is 6.87. The van der Waals surface area contributed by atoms with Crippen LogP contribution >= 0.6 is 11.6 Å². The average Bonchev–Trinajstić information content (AvgIpc) is 2.95. The van der Waals surface area contributed by atoms with Crippen molar-refractivity contribution in [2.45, 2.75) is 46.3 Å². The molecule has 5 rings (SSSR count). The highest BCUT2D eigenvalue weighted by Crippen LogP contribution is 2.46. The molecule has 2 N–H and O–H groups in total. The number of benzene rings is 3. The third-order valence-electron chi connectivity index (χ3n) is 6.53. The minimum absolute atomic E-state index is 0.0852. The quantitative estimate of drug-likeness (QED) is 0.414. The normalized spacial score (nSPS) is 18.8. The number of Topliss-reactive ketones (excluding diaryl/α,β-unsaturated/α-hetero) is 1. The van der Waals surface area contributed by atoms with Crippen molar-refractivity contribution < 1.29 is 9.53 Å². The van der Waals surface area contributed by atoms with Gasteiger partial charge in [0.2, 0.25) is 0 Å². The fourth-order valence-corrected chi connectivity index (χ4v) is 5.04. The van der Waals surface area contributed by atoms with Gasteiger partial charge in [-0.25, -0.2) is 0 Å². The van der Waals surface area contributed by atoms with Crippen LogP contribution in [0.2, 0.25) is 5.02 Å². The Morgan fingerprint density at radius 3 is 2.47 bits per heavy atom. The van der Waals surface area contributed by atoms with E-state index in [1.54, 1.807) is 0 Å². The third kappa shape index (κ3) is 4.55. The molecule has 0 aromatic heterocycles. The highest BCUT2D eigenvalue weighted by molar-refractivity contribution is 6.32. The molecule has 3 aromatic rings. The number of hydrogen-bond donors (Lipinski definition) is 2. The molecule has 2 aliphatic rings. The molecule has 1 heterocycles. The van der Waals surface area contributed by atoms with Gasteiger partial charge in [0.15, 0.2) is 5.78 Å². The largest absolute Gasteiger partial charge is 0.487 e. The van der Waals surface area contributed by atoms with Crippen LogP contribution in [0.1, 0.15) is 49.4 Å². The predicted molar refractivity (Wildman–Crippen MR) is 138 cm³/mol. The first kappa shape index (κ1) is 22.5. The standard InChI is InChI=1S/C29H29ClN2O2/c1-18-8-10-19(11-9-18)17-34-26-13-12-20(14-21(26)30)28-27-24(15-29(2,3)16-25(27)33)31-22-6-4-5-7-23(22)32-28/h4-14,28,31-32H,15-17H2,1-3H3. The van der Waals surface area contributed by atoms with Gasteiger partial charge in [-0.15, -0.1) is 0 Å². The van der Waals surface area contributed by atoms with Crippen LogP contribution in [0.5, 0.6) is 5.75 Å². The lowest BCUT2D eigenvalue weighted by Crippen LogP contribution is -2.31. The molecule has 1 aliphatic heterocycles. The lowest BCUT2D eigenvalue weighted by Gasteiger charge is -2.34. The molecule has 1 aliphatic carbocycles. The molecule has 0 saturated carbocycles. The monoisotopic (exact) mass is 472 g/mol. The zero-order valence-electron chi connectivity index (χ0n) is 19.7. The van der Waals surface area contributed by atoms with E-state index in [1.165, 1.54) is 5.56 Å². The number of nitrogens with one attached hydrogen (secondary N) is 2. The Morgan fingerprint density at radius 1 is 1.00 bits per heavy atom. The summed E-state index contributed by atoms with van der Waals surface area (Å²) in [5.74, 6) is 0.795. The molecule has 34 heavy (non-hydrogen) atoms. The topological polar surface area (TPSA) is 50.4 Å². The van der Waals surface area contributed by atoms with E-state index in [4.69, 9.17) is 16.3 Å². The van der Waals surface area contributed by atoms with Gasteiger partial charge in [-0.05, 0) is 54.2 Å². The second-order valence-corrected chi connectivity index (χ2v) is 10.5. The van der Waals surface area contributed by atoms with Gasteiger partial charge in [-0.1, -0.05) is 73.5 Å². The van der Waals surface area contributed by atoms with Gasteiger partial charge in [0.25, 0.3) is 0 Å². The summed E-state index contributed by atoms with van der Waals surface area (Å²) >= 11 is 6.67. The first-order valence-corrected chi connectivity index (χ1v) is 12.0. The molecule has 0 fully saturated rings. The van der Waals surface area contributed by atoms with Gasteiger partial charge < -0.3 is 15.4 Å². The lowest BCUT2D eigenvalue weighted by atomic mass is 9.73. The van der Waals surface area contributed by atoms with Crippen molar-refractivity contribution in [3.05, 3.63) is 99.7 Å². The Hall–Kier alpha value is -3.24. The molecule has 1 unspecified atom stereocenters. The van der Waals surface area contributed by atoms with Gasteiger partial charge in [0, 0.05) is 17.7 Å². The van der Waals surface area contributed by atoms with E-state index >= 15 is 0 Å². The highest BCUT2D eigenvalue weighted by atomic mass is 35.5. The second kappa shape index (κ2) is 8.84. The number of allylic oxidation sites excluding steroid dienone is 1. The minimum atomic E-state index is -0.293. The number of rotatable bonds is 4. The number of ketones is 1. The number of para-hydroxylation sites is 2. The molecule has 0 bridgehead atoms. The van der Waals surface area contributed by atoms with Crippen LogP contribution in [0.3, 0.4) is 0 Å². The summed E-state index contributed by atoms with van der Waals surface area (Å²) in [6, 6.07) is 21.8. The van der Waals surface area contributed by atoms with Crippen molar-refractivity contribution in [1.29, 1.82) is 0 Å². The van der Waals surface area contributed by atoms with Crippen molar-refractivity contribution in [2.75, 3.05) is 10.6 Å². The maximum Gasteiger partial charge on any atom is 0.163 e. The molecule has 1 atom stereocenters. The number of hydrogen-bond acceptors (Lipinski definition) is 4. The molecular formula is C29H29ClN2O2. The second-order valence-electron chi connectivity index (χ2n) is 10.0. The van der Waals surface area contributed by atoms with Crippen molar-refractivity contribution >= 4 is 28.8 Å². The number of halogens is 1. The lowest BCUT2D eigenvalue weighted by molar-refractivity contribution is -0.118. The first-order valence-electron chi connectivity index (χ1n) is 11.7. The zero-order chi connectivity index (χ0) is 23.9. The molecule has 0 saturated heterocycles. The molecule has 5 heteroatoms. The van der Waals surface area contributed by atoms with Crippen molar-refractivity contribution in [2.24, 2.45) is 5.41 Å². The van der Waals surface area contributed by atoms with E-state index in [2.05, 4.69) is 55.7 Å². The third-order valence-corrected chi connectivity index (χ3v) is 6.82. The Bertz CT molecular complexity index is 1280. The zero-order valence-corrected chi connectivity index (χ0v) is 20.5. The van der Waals surface area contributed by atoms with Gasteiger partial charge in [0.05, 0.1) is 22.4 Å². The van der Waals surface area contributed by atoms with Crippen molar-refractivity contribution in [3.63, 3.8) is 0 Å². The highest BCUT2D eigenvalue weighted by Gasteiger charge is 2.38. The van der Waals surface area contributed by atoms with Crippen LogP contribution in [0.4, 0.5) is 11.4 Å². The van der Waals surface area contributed by atoms with E-state index < -0.39 is 0 Å². The van der Waals surface area contributed by atoms with Crippen molar-refractivity contribution in [3.8, 4) is 5.75 Å². The predicted octanol–water partition coefficient (Wildman–Crippen LogP) is 7.45. The number of anilines is 2. The van der Waals surface area contributed by atoms with Gasteiger partial charge in [-0.2, -0.15) is 0 Å². The molecule has 3 aromatic carbocycles. The first-order chi connectivity index (χ1) is 16.3. The number of fused-ring (bicyclic) bond motifs is 1. The van der Waals surface area contributed by atoms with Crippen LogP contribution < -0.4 is 15.4 Å². The summed E-state index contributed by atoms with van der Waals surface area (Å²) in [5, 5.41) is 7.69. The van der Waals surface area contributed by atoms with E-state index in [0.29, 0.717) is 23.8 Å². The fourth-order valence-electron chi connectivity index (χ4n) is 4.80. The van der Waals surface area contributed by atoms with Crippen molar-refractivity contribution in [1.82, 2.24) is 0 Å². The fraction of sp³-hybridized carbons (Fsp3) is 0.276. The molecule has 4 nitrogen and oxygen atoms in total.